The predicted octanol–water partition coefficient (Wildman–Crippen LogP) is 3.22. The highest BCUT2D eigenvalue weighted by Gasteiger charge is 2.01. The van der Waals surface area contributed by atoms with Crippen LogP contribution in [0.4, 0.5) is 11.6 Å². The summed E-state index contributed by atoms with van der Waals surface area (Å²) in [5.41, 5.74) is 2.22. The van der Waals surface area contributed by atoms with Gasteiger partial charge in [0.2, 0.25) is 5.95 Å². The first-order valence-electron chi connectivity index (χ1n) is 4.28. The third-order valence-corrected chi connectivity index (χ3v) is 2.56. The van der Waals surface area contributed by atoms with E-state index in [1.807, 2.05) is 6.07 Å². The van der Waals surface area contributed by atoms with Gasteiger partial charge in [-0.15, -0.1) is 0 Å². The highest BCUT2D eigenvalue weighted by atomic mass is 79.9. The average molecular weight is 252 g/mol. The largest absolute Gasteiger partial charge is 0.331 e. The lowest BCUT2D eigenvalue weighted by atomic mass is 10.2. The SMILES string of the molecule is Cc1ccc(Br)c(Nc2ncc[nH]2)c1. The number of aryl methyl sites for hydroxylation is 1. The van der Waals surface area contributed by atoms with Crippen LogP contribution in [0.25, 0.3) is 0 Å². The number of nitrogens with one attached hydrogen (secondary N) is 2. The van der Waals surface area contributed by atoms with Crippen molar-refractivity contribution in [2.24, 2.45) is 0 Å². The summed E-state index contributed by atoms with van der Waals surface area (Å²) in [6.07, 6.45) is 3.50. The van der Waals surface area contributed by atoms with E-state index in [0.717, 1.165) is 16.1 Å². The van der Waals surface area contributed by atoms with E-state index in [-0.39, 0.29) is 0 Å². The Morgan fingerprint density at radius 1 is 1.43 bits per heavy atom. The molecule has 3 nitrogen and oxygen atoms in total. The second kappa shape index (κ2) is 3.84. The van der Waals surface area contributed by atoms with Crippen molar-refractivity contribution in [3.8, 4) is 0 Å². The van der Waals surface area contributed by atoms with Crippen molar-refractivity contribution in [1.29, 1.82) is 0 Å². The summed E-state index contributed by atoms with van der Waals surface area (Å²) in [4.78, 5) is 7.08. The Morgan fingerprint density at radius 3 is 3.00 bits per heavy atom. The molecule has 0 aliphatic rings. The first-order chi connectivity index (χ1) is 6.75. The number of H-pyrrole nitrogens is 1. The van der Waals surface area contributed by atoms with Crippen molar-refractivity contribution >= 4 is 27.6 Å². The van der Waals surface area contributed by atoms with Crippen molar-refractivity contribution in [1.82, 2.24) is 9.97 Å². The molecule has 0 saturated carbocycles. The van der Waals surface area contributed by atoms with E-state index < -0.39 is 0 Å². The van der Waals surface area contributed by atoms with Gasteiger partial charge >= 0.3 is 0 Å². The van der Waals surface area contributed by atoms with Crippen LogP contribution >= 0.6 is 15.9 Å². The normalized spacial score (nSPS) is 10.1. The highest BCUT2D eigenvalue weighted by molar-refractivity contribution is 9.10. The van der Waals surface area contributed by atoms with Crippen LogP contribution in [0.5, 0.6) is 0 Å². The van der Waals surface area contributed by atoms with Crippen molar-refractivity contribution in [3.63, 3.8) is 0 Å². The molecule has 1 heterocycles. The molecule has 4 heteroatoms. The number of anilines is 2. The number of nitrogens with zero attached hydrogens (tertiary/aromatic N) is 1. The maximum atomic E-state index is 4.09. The fourth-order valence-electron chi connectivity index (χ4n) is 1.20. The molecular formula is C10H10BrN3. The molecule has 2 N–H and O–H groups in total. The Morgan fingerprint density at radius 2 is 2.29 bits per heavy atom. The van der Waals surface area contributed by atoms with Gasteiger partial charge in [-0.2, -0.15) is 0 Å². The van der Waals surface area contributed by atoms with Crippen LogP contribution in [0.3, 0.4) is 0 Å². The lowest BCUT2D eigenvalue weighted by Gasteiger charge is -2.06. The van der Waals surface area contributed by atoms with Crippen molar-refractivity contribution in [3.05, 3.63) is 40.6 Å². The number of hydrogen-bond donors (Lipinski definition) is 2. The van der Waals surface area contributed by atoms with Gasteiger partial charge in [-0.25, -0.2) is 4.98 Å². The van der Waals surface area contributed by atoms with Gasteiger partial charge in [0.25, 0.3) is 0 Å². The fourth-order valence-corrected chi connectivity index (χ4v) is 1.54. The first kappa shape index (κ1) is 9.27. The maximum Gasteiger partial charge on any atom is 0.204 e. The monoisotopic (exact) mass is 251 g/mol. The summed E-state index contributed by atoms with van der Waals surface area (Å²) in [7, 11) is 0. The Balaban J connectivity index is 2.28. The standard InChI is InChI=1S/C10H10BrN3/c1-7-2-3-8(11)9(6-7)14-10-12-4-5-13-10/h2-6H,1H3,(H2,12,13,14). The minimum absolute atomic E-state index is 0.747. The molecule has 1 aromatic carbocycles. The number of hydrogen-bond acceptors (Lipinski definition) is 2. The molecule has 0 bridgehead atoms. The Hall–Kier alpha value is -1.29. The maximum absolute atomic E-state index is 4.09. The zero-order valence-corrected chi connectivity index (χ0v) is 9.30. The molecule has 0 aliphatic carbocycles. The van der Waals surface area contributed by atoms with Crippen molar-refractivity contribution < 1.29 is 0 Å². The van der Waals surface area contributed by atoms with E-state index in [2.05, 4.69) is 50.3 Å². The summed E-state index contributed by atoms with van der Waals surface area (Å²) < 4.78 is 1.03. The second-order valence-electron chi connectivity index (χ2n) is 3.05. The Kier molecular flexibility index (Phi) is 2.54. The number of halogens is 1. The Bertz CT molecular complexity index is 423. The van der Waals surface area contributed by atoms with Crippen LogP contribution in [-0.2, 0) is 0 Å². The molecule has 0 saturated heterocycles. The number of imidazole rings is 1. The van der Waals surface area contributed by atoms with E-state index in [9.17, 15) is 0 Å². The van der Waals surface area contributed by atoms with Crippen LogP contribution in [-0.4, -0.2) is 9.97 Å². The van der Waals surface area contributed by atoms with E-state index in [1.54, 1.807) is 12.4 Å². The van der Waals surface area contributed by atoms with Crippen molar-refractivity contribution in [2.45, 2.75) is 6.92 Å². The van der Waals surface area contributed by atoms with Gasteiger partial charge in [0, 0.05) is 16.9 Å². The van der Waals surface area contributed by atoms with Crippen LogP contribution in [0.15, 0.2) is 35.1 Å². The third-order valence-electron chi connectivity index (χ3n) is 1.87. The minimum atomic E-state index is 0.747. The average Bonchev–Trinajstić information content (AvgIpc) is 2.64. The van der Waals surface area contributed by atoms with Gasteiger partial charge in [0.05, 0.1) is 5.69 Å². The topological polar surface area (TPSA) is 40.7 Å². The summed E-state index contributed by atoms with van der Waals surface area (Å²) in [5.74, 6) is 0.747. The minimum Gasteiger partial charge on any atom is -0.331 e. The zero-order valence-electron chi connectivity index (χ0n) is 7.71. The number of rotatable bonds is 2. The number of aromatic nitrogens is 2. The molecule has 2 aromatic rings. The van der Waals surface area contributed by atoms with Gasteiger partial charge in [-0.05, 0) is 40.5 Å². The lowest BCUT2D eigenvalue weighted by molar-refractivity contribution is 1.28. The quantitative estimate of drug-likeness (QED) is 0.861. The molecule has 1 aromatic heterocycles. The molecule has 72 valence electrons. The summed E-state index contributed by atoms with van der Waals surface area (Å²) in [6, 6.07) is 6.13. The van der Waals surface area contributed by atoms with E-state index in [4.69, 9.17) is 0 Å². The van der Waals surface area contributed by atoms with E-state index >= 15 is 0 Å². The van der Waals surface area contributed by atoms with Crippen LogP contribution in [0, 0.1) is 6.92 Å². The molecule has 0 fully saturated rings. The van der Waals surface area contributed by atoms with Crippen LogP contribution in [0.2, 0.25) is 0 Å². The second-order valence-corrected chi connectivity index (χ2v) is 3.90. The van der Waals surface area contributed by atoms with Gasteiger partial charge < -0.3 is 10.3 Å². The zero-order chi connectivity index (χ0) is 9.97. The predicted molar refractivity (Wildman–Crippen MR) is 60.7 cm³/mol. The summed E-state index contributed by atoms with van der Waals surface area (Å²) >= 11 is 3.47. The lowest BCUT2D eigenvalue weighted by Crippen LogP contribution is -1.93. The van der Waals surface area contributed by atoms with Crippen LogP contribution < -0.4 is 5.32 Å². The molecular weight excluding hydrogens is 242 g/mol. The van der Waals surface area contributed by atoms with Crippen LogP contribution in [0.1, 0.15) is 5.56 Å². The molecule has 0 amide bonds. The molecule has 0 radical (unpaired) electrons. The van der Waals surface area contributed by atoms with Gasteiger partial charge in [0.15, 0.2) is 0 Å². The fraction of sp³-hybridized carbons (Fsp3) is 0.100. The molecule has 14 heavy (non-hydrogen) atoms. The first-order valence-corrected chi connectivity index (χ1v) is 5.07. The van der Waals surface area contributed by atoms with Gasteiger partial charge in [-0.1, -0.05) is 6.07 Å². The van der Waals surface area contributed by atoms with Crippen molar-refractivity contribution in [2.75, 3.05) is 5.32 Å². The molecule has 0 spiro atoms. The summed E-state index contributed by atoms with van der Waals surface area (Å²) in [6.45, 7) is 2.06. The smallest absolute Gasteiger partial charge is 0.204 e. The molecule has 0 unspecified atom stereocenters. The van der Waals surface area contributed by atoms with Gasteiger partial charge in [-0.3, -0.25) is 0 Å². The number of aromatic amines is 1. The molecule has 0 atom stereocenters. The highest BCUT2D eigenvalue weighted by Crippen LogP contribution is 2.25. The van der Waals surface area contributed by atoms with E-state index in [0.29, 0.717) is 0 Å². The van der Waals surface area contributed by atoms with E-state index in [1.165, 1.54) is 5.56 Å². The Labute approximate surface area is 90.7 Å². The molecule has 0 aliphatic heterocycles. The van der Waals surface area contributed by atoms with Gasteiger partial charge in [0.1, 0.15) is 0 Å². The third kappa shape index (κ3) is 1.96. The number of benzene rings is 1. The molecule has 2 rings (SSSR count). The summed E-state index contributed by atoms with van der Waals surface area (Å²) in [5, 5.41) is 3.18.